The largest absolute Gasteiger partial charge is 0.371 e. The summed E-state index contributed by atoms with van der Waals surface area (Å²) in [7, 11) is 1.49. The van der Waals surface area contributed by atoms with Crippen LogP contribution in [0.1, 0.15) is 84.0 Å². The van der Waals surface area contributed by atoms with E-state index in [4.69, 9.17) is 9.47 Å². The number of nitrogens with one attached hydrogen (secondary N) is 4. The van der Waals surface area contributed by atoms with Gasteiger partial charge in [-0.1, -0.05) is 142 Å². The van der Waals surface area contributed by atoms with E-state index in [1.54, 1.807) is 62.1 Å². The molecule has 22 heteroatoms. The molecule has 4 aromatic carbocycles. The van der Waals surface area contributed by atoms with Crippen molar-refractivity contribution in [2.75, 3.05) is 66.0 Å². The second-order valence-electron chi connectivity index (χ2n) is 25.1. The van der Waals surface area contributed by atoms with Crippen molar-refractivity contribution >= 4 is 47.3 Å². The number of amides is 8. The van der Waals surface area contributed by atoms with Crippen LogP contribution in [0.2, 0.25) is 0 Å². The Kier molecular flexibility index (Phi) is 20.1. The van der Waals surface area contributed by atoms with Gasteiger partial charge >= 0.3 is 0 Å². The Labute approximate surface area is 525 Å². The number of benzene rings is 4. The van der Waals surface area contributed by atoms with Crippen molar-refractivity contribution in [2.24, 2.45) is 34.5 Å². The summed E-state index contributed by atoms with van der Waals surface area (Å²) >= 11 is 0. The van der Waals surface area contributed by atoms with Crippen molar-refractivity contribution in [3.05, 3.63) is 179 Å². The Bertz CT molecular complexity index is 3500. The minimum absolute atomic E-state index is 0.0272. The number of likely N-dealkylation sites (N-methyl/N-ethyl adjacent to an activating group) is 1. The SMILES string of the molecule is CNC(=O)[C@@H](NC(=O)[C@@H]1CN(C(=O)c2cnn(Cc3ccccc3)c2)CC12CN(C(=O)C(C)CCNC(=O)[C@@H](NC(=O)[C@H]1CN(C(=O)c3cnn(Cc4ccccc4)c3)CC13CN(C(=O)C(C)C)C3)[C@@H](C)OCc1ccccc1)C2)[C@@H](C)OCc1ccccc1. The molecule has 1 unspecified atom stereocenters. The smallest absolute Gasteiger partial charge is 0.257 e. The molecule has 90 heavy (non-hydrogen) atoms. The fourth-order valence-corrected chi connectivity index (χ4v) is 13.0. The van der Waals surface area contributed by atoms with Crippen LogP contribution in [0.15, 0.2) is 146 Å². The van der Waals surface area contributed by atoms with E-state index in [1.807, 2.05) is 135 Å². The van der Waals surface area contributed by atoms with Gasteiger partial charge in [-0.25, -0.2) is 0 Å². The lowest BCUT2D eigenvalue weighted by molar-refractivity contribution is -0.154. The number of hydrogen-bond acceptors (Lipinski definition) is 12. The Morgan fingerprint density at radius 2 is 0.889 bits per heavy atom. The molecule has 4 N–H and O–H groups in total. The summed E-state index contributed by atoms with van der Waals surface area (Å²) in [6, 6.07) is 36.1. The molecule has 4 aliphatic heterocycles. The molecule has 4 saturated heterocycles. The summed E-state index contributed by atoms with van der Waals surface area (Å²) in [5, 5.41) is 20.5. The summed E-state index contributed by atoms with van der Waals surface area (Å²) < 4.78 is 15.8. The summed E-state index contributed by atoms with van der Waals surface area (Å²) in [6.45, 7) is 11.4. The van der Waals surface area contributed by atoms with Crippen molar-refractivity contribution in [3.8, 4) is 0 Å². The lowest BCUT2D eigenvalue weighted by atomic mass is 9.70. The lowest BCUT2D eigenvalue weighted by Gasteiger charge is -2.51. The summed E-state index contributed by atoms with van der Waals surface area (Å²) in [5.74, 6) is -5.25. The average Bonchev–Trinajstić information content (AvgIpc) is 1.55. The van der Waals surface area contributed by atoms with Gasteiger partial charge in [0, 0.05) is 101 Å². The quantitative estimate of drug-likeness (QED) is 0.0623. The van der Waals surface area contributed by atoms with Gasteiger partial charge in [-0.05, 0) is 42.5 Å². The van der Waals surface area contributed by atoms with Crippen LogP contribution in [0.5, 0.6) is 0 Å². The molecule has 0 aliphatic carbocycles. The molecule has 4 aliphatic rings. The first-order chi connectivity index (χ1) is 43.3. The van der Waals surface area contributed by atoms with Crippen LogP contribution in [0.4, 0.5) is 0 Å². The van der Waals surface area contributed by atoms with E-state index in [0.717, 1.165) is 22.3 Å². The monoisotopic (exact) mass is 1230 g/mol. The van der Waals surface area contributed by atoms with E-state index in [2.05, 4.69) is 31.5 Å². The Morgan fingerprint density at radius 3 is 1.29 bits per heavy atom. The zero-order valence-corrected chi connectivity index (χ0v) is 52.0. The van der Waals surface area contributed by atoms with E-state index in [0.29, 0.717) is 24.2 Å². The molecule has 22 nitrogen and oxygen atoms in total. The van der Waals surface area contributed by atoms with Crippen molar-refractivity contribution in [2.45, 2.75) is 91.6 Å². The fourth-order valence-electron chi connectivity index (χ4n) is 13.0. The molecule has 7 atom stereocenters. The van der Waals surface area contributed by atoms with Crippen LogP contribution in [0.25, 0.3) is 0 Å². The molecule has 2 spiro atoms. The van der Waals surface area contributed by atoms with Crippen LogP contribution in [-0.2, 0) is 64.5 Å². The third-order valence-corrected chi connectivity index (χ3v) is 18.1. The number of likely N-dealkylation sites (tertiary alicyclic amines) is 4. The number of aromatic nitrogens is 4. The van der Waals surface area contributed by atoms with Crippen molar-refractivity contribution < 1.29 is 47.8 Å². The summed E-state index contributed by atoms with van der Waals surface area (Å²) in [6.07, 6.45) is 5.04. The molecule has 474 valence electrons. The van der Waals surface area contributed by atoms with E-state index in [-0.39, 0.29) is 108 Å². The van der Waals surface area contributed by atoms with Gasteiger partial charge in [0.15, 0.2) is 0 Å². The summed E-state index contributed by atoms with van der Waals surface area (Å²) in [4.78, 5) is 120. The molecule has 10 rings (SSSR count). The normalized spacial score (nSPS) is 18.9. The zero-order chi connectivity index (χ0) is 63.7. The van der Waals surface area contributed by atoms with Gasteiger partial charge in [0.1, 0.15) is 12.1 Å². The Hall–Kier alpha value is -9.02. The second kappa shape index (κ2) is 28.2. The maximum atomic E-state index is 14.9. The van der Waals surface area contributed by atoms with Gasteiger partial charge in [0.05, 0.1) is 73.9 Å². The molecule has 8 amide bonds. The summed E-state index contributed by atoms with van der Waals surface area (Å²) in [5.41, 5.74) is 2.85. The molecule has 0 saturated carbocycles. The fraction of sp³-hybridized carbons (Fsp3) is 0.441. The van der Waals surface area contributed by atoms with E-state index < -0.39 is 76.5 Å². The first kappa shape index (κ1) is 64.0. The first-order valence-corrected chi connectivity index (χ1v) is 31.0. The Morgan fingerprint density at radius 1 is 0.511 bits per heavy atom. The van der Waals surface area contributed by atoms with Crippen molar-refractivity contribution in [1.82, 2.24) is 60.4 Å². The first-order valence-electron chi connectivity index (χ1n) is 31.0. The molecule has 0 radical (unpaired) electrons. The van der Waals surface area contributed by atoms with Gasteiger partial charge in [0.2, 0.25) is 35.4 Å². The lowest BCUT2D eigenvalue weighted by Crippen LogP contribution is -2.66. The molecule has 0 bridgehead atoms. The number of carbonyl (C=O) groups is 8. The third-order valence-electron chi connectivity index (χ3n) is 18.1. The number of rotatable bonds is 25. The maximum absolute atomic E-state index is 14.9. The predicted octanol–water partition coefficient (Wildman–Crippen LogP) is 4.40. The predicted molar refractivity (Wildman–Crippen MR) is 333 cm³/mol. The minimum Gasteiger partial charge on any atom is -0.371 e. The van der Waals surface area contributed by atoms with Gasteiger partial charge in [-0.15, -0.1) is 0 Å². The van der Waals surface area contributed by atoms with E-state index >= 15 is 0 Å². The van der Waals surface area contributed by atoms with Crippen LogP contribution >= 0.6 is 0 Å². The maximum Gasteiger partial charge on any atom is 0.257 e. The van der Waals surface area contributed by atoms with Gasteiger partial charge in [-0.2, -0.15) is 10.2 Å². The highest BCUT2D eigenvalue weighted by atomic mass is 16.5. The highest BCUT2D eigenvalue weighted by molar-refractivity contribution is 5.97. The van der Waals surface area contributed by atoms with Gasteiger partial charge in [0.25, 0.3) is 11.8 Å². The van der Waals surface area contributed by atoms with Gasteiger partial charge < -0.3 is 50.3 Å². The standard InChI is InChI=1S/C68H82N12O10/c1-45(2)63(85)77-41-67(42-77)39-75(65(87)53-29-71-79(33-53)31-49-19-11-7-12-20-49)36-56(67)60(82)74-58(48(5)90-38-52-25-17-10-18-26-52)62(84)70-28-27-46(3)64(86)78-43-68(44-78)40-76(66(88)54-30-72-80(34-54)32-50-21-13-8-14-22-50)35-55(68)59(81)73-57(61(83)69-6)47(4)89-37-51-23-15-9-16-24-51/h7-26,29-30,33-34,45-48,55-58H,27-28,31-32,35-44H2,1-6H3,(H,69,83)(H,70,84)(H,73,81)(H,74,82)/t46?,47-,48-,55+,56-,57+,58+/m1/s1. The third kappa shape index (κ3) is 14.7. The van der Waals surface area contributed by atoms with Crippen LogP contribution in [0.3, 0.4) is 0 Å². The van der Waals surface area contributed by atoms with Crippen LogP contribution < -0.4 is 21.3 Å². The van der Waals surface area contributed by atoms with E-state index in [1.165, 1.54) is 19.4 Å². The Balaban J connectivity index is 0.805. The average molecular weight is 1230 g/mol. The molecule has 4 fully saturated rings. The molecule has 6 heterocycles. The number of nitrogens with zero attached hydrogens (tertiary/aromatic N) is 8. The number of ether oxygens (including phenoxy) is 2. The van der Waals surface area contributed by atoms with E-state index in [9.17, 15) is 38.4 Å². The highest BCUT2D eigenvalue weighted by Gasteiger charge is 2.61. The van der Waals surface area contributed by atoms with Crippen molar-refractivity contribution in [1.29, 1.82) is 0 Å². The number of hydrogen-bond donors (Lipinski definition) is 4. The molecule has 6 aromatic rings. The topological polar surface area (TPSA) is 252 Å². The second-order valence-corrected chi connectivity index (χ2v) is 25.1. The minimum atomic E-state index is -1.20. The highest BCUT2D eigenvalue weighted by Crippen LogP contribution is 2.47. The van der Waals surface area contributed by atoms with Crippen molar-refractivity contribution in [3.63, 3.8) is 0 Å². The van der Waals surface area contributed by atoms with Crippen LogP contribution in [-0.4, -0.2) is 177 Å². The number of carbonyl (C=O) groups excluding carboxylic acids is 8. The zero-order valence-electron chi connectivity index (χ0n) is 52.0. The molecular formula is C68H82N12O10. The van der Waals surface area contributed by atoms with Crippen LogP contribution in [0, 0.1) is 34.5 Å². The molecular weight excluding hydrogens is 1140 g/mol. The molecule has 2 aromatic heterocycles. The van der Waals surface area contributed by atoms with Gasteiger partial charge in [-0.3, -0.25) is 47.7 Å².